The van der Waals surface area contributed by atoms with E-state index in [9.17, 15) is 0 Å². The van der Waals surface area contributed by atoms with Crippen molar-refractivity contribution in [3.63, 3.8) is 0 Å². The molecule has 3 rings (SSSR count). The molecule has 0 spiro atoms. The van der Waals surface area contributed by atoms with E-state index in [1.165, 1.54) is 12.8 Å². The summed E-state index contributed by atoms with van der Waals surface area (Å²) in [4.78, 5) is 8.45. The van der Waals surface area contributed by atoms with Crippen molar-refractivity contribution >= 4 is 0 Å². The van der Waals surface area contributed by atoms with E-state index in [1.807, 2.05) is 12.1 Å². The number of nitrogens with zero attached hydrogens (tertiary/aromatic N) is 4. The largest absolute Gasteiger partial charge is 0.339 e. The number of nitrogens with one attached hydrogen (secondary N) is 1. The summed E-state index contributed by atoms with van der Waals surface area (Å²) in [7, 11) is 0. The molecule has 0 amide bonds. The second kappa shape index (κ2) is 7.14. The molecule has 0 unspecified atom stereocenters. The molecule has 0 aliphatic carbocycles. The van der Waals surface area contributed by atoms with Crippen molar-refractivity contribution in [2.45, 2.75) is 32.1 Å². The summed E-state index contributed by atoms with van der Waals surface area (Å²) in [5, 5.41) is 16.3. The van der Waals surface area contributed by atoms with Gasteiger partial charge in [0, 0.05) is 19.0 Å². The van der Waals surface area contributed by atoms with E-state index < -0.39 is 0 Å². The van der Waals surface area contributed by atoms with Gasteiger partial charge in [0.2, 0.25) is 5.89 Å². The van der Waals surface area contributed by atoms with Gasteiger partial charge in [-0.05, 0) is 56.0 Å². The van der Waals surface area contributed by atoms with Crippen LogP contribution in [0.25, 0.3) is 0 Å². The van der Waals surface area contributed by atoms with Crippen molar-refractivity contribution in [1.29, 1.82) is 5.26 Å². The molecule has 0 radical (unpaired) electrons. The van der Waals surface area contributed by atoms with E-state index in [2.05, 4.69) is 20.4 Å². The number of rotatable bonds is 5. The molecule has 0 atom stereocenters. The minimum atomic E-state index is 0.439. The number of hydrogen-bond acceptors (Lipinski definition) is 6. The van der Waals surface area contributed by atoms with Gasteiger partial charge in [-0.1, -0.05) is 5.16 Å². The first kappa shape index (κ1) is 14.7. The van der Waals surface area contributed by atoms with Gasteiger partial charge in [0.05, 0.1) is 0 Å². The molecule has 1 saturated heterocycles. The fourth-order valence-corrected chi connectivity index (χ4v) is 2.76. The van der Waals surface area contributed by atoms with Crippen molar-refractivity contribution in [3.8, 4) is 6.07 Å². The standard InChI is InChI=1S/C16H19N5O/c17-11-14-9-12(5-8-19-14)1-2-16-20-15(21-22-16)10-13-3-6-18-7-4-13/h5,8-9,13,18H,1-4,6-7,10H2. The summed E-state index contributed by atoms with van der Waals surface area (Å²) in [6.45, 7) is 2.16. The molecule has 1 aliphatic heterocycles. The van der Waals surface area contributed by atoms with Crippen LogP contribution in [0.5, 0.6) is 0 Å². The van der Waals surface area contributed by atoms with E-state index >= 15 is 0 Å². The van der Waals surface area contributed by atoms with E-state index in [0.29, 0.717) is 23.9 Å². The molecular weight excluding hydrogens is 278 g/mol. The molecule has 0 bridgehead atoms. The number of nitriles is 1. The number of piperidine rings is 1. The second-order valence-corrected chi connectivity index (χ2v) is 5.66. The van der Waals surface area contributed by atoms with Crippen LogP contribution in [0.4, 0.5) is 0 Å². The Morgan fingerprint density at radius 1 is 1.32 bits per heavy atom. The van der Waals surface area contributed by atoms with Crippen LogP contribution in [0.2, 0.25) is 0 Å². The molecule has 0 aromatic carbocycles. The second-order valence-electron chi connectivity index (χ2n) is 5.66. The zero-order valence-electron chi connectivity index (χ0n) is 12.5. The zero-order chi connectivity index (χ0) is 15.2. The van der Waals surface area contributed by atoms with Crippen LogP contribution in [0, 0.1) is 17.2 Å². The maximum absolute atomic E-state index is 8.85. The van der Waals surface area contributed by atoms with Crippen LogP contribution in [0.1, 0.15) is 35.8 Å². The lowest BCUT2D eigenvalue weighted by Gasteiger charge is -2.20. The van der Waals surface area contributed by atoms with E-state index in [0.717, 1.165) is 37.3 Å². The van der Waals surface area contributed by atoms with Gasteiger partial charge in [-0.15, -0.1) is 0 Å². The van der Waals surface area contributed by atoms with Gasteiger partial charge in [0.15, 0.2) is 5.82 Å². The summed E-state index contributed by atoms with van der Waals surface area (Å²) >= 11 is 0. The molecule has 6 nitrogen and oxygen atoms in total. The van der Waals surface area contributed by atoms with Crippen molar-refractivity contribution in [1.82, 2.24) is 20.4 Å². The lowest BCUT2D eigenvalue weighted by Crippen LogP contribution is -2.28. The Labute approximate surface area is 129 Å². The van der Waals surface area contributed by atoms with Crippen LogP contribution >= 0.6 is 0 Å². The molecule has 1 fully saturated rings. The van der Waals surface area contributed by atoms with Gasteiger partial charge in [0.25, 0.3) is 0 Å². The van der Waals surface area contributed by atoms with E-state index in [-0.39, 0.29) is 0 Å². The predicted molar refractivity (Wildman–Crippen MR) is 80.0 cm³/mol. The average Bonchev–Trinajstić information content (AvgIpc) is 3.01. The Balaban J connectivity index is 1.54. The highest BCUT2D eigenvalue weighted by atomic mass is 16.5. The Morgan fingerprint density at radius 3 is 3.00 bits per heavy atom. The van der Waals surface area contributed by atoms with Crippen LogP contribution in [-0.4, -0.2) is 28.2 Å². The Bertz CT molecular complexity index is 655. The van der Waals surface area contributed by atoms with Gasteiger partial charge in [-0.2, -0.15) is 10.2 Å². The first-order valence-electron chi connectivity index (χ1n) is 7.70. The van der Waals surface area contributed by atoms with Gasteiger partial charge < -0.3 is 9.84 Å². The fourth-order valence-electron chi connectivity index (χ4n) is 2.76. The number of aromatic nitrogens is 3. The minimum absolute atomic E-state index is 0.439. The normalized spacial score (nSPS) is 15.6. The van der Waals surface area contributed by atoms with Gasteiger partial charge in [0.1, 0.15) is 11.8 Å². The molecular formula is C16H19N5O. The number of pyridine rings is 1. The highest BCUT2D eigenvalue weighted by Gasteiger charge is 2.16. The Kier molecular flexibility index (Phi) is 4.76. The van der Waals surface area contributed by atoms with Crippen molar-refractivity contribution in [3.05, 3.63) is 41.3 Å². The molecule has 2 aromatic rings. The van der Waals surface area contributed by atoms with Crippen molar-refractivity contribution < 1.29 is 4.52 Å². The van der Waals surface area contributed by atoms with E-state index in [1.54, 1.807) is 12.3 Å². The maximum Gasteiger partial charge on any atom is 0.226 e. The maximum atomic E-state index is 8.85. The third-order valence-corrected chi connectivity index (χ3v) is 4.01. The Morgan fingerprint density at radius 2 is 2.18 bits per heavy atom. The minimum Gasteiger partial charge on any atom is -0.339 e. The van der Waals surface area contributed by atoms with Crippen LogP contribution in [0.15, 0.2) is 22.9 Å². The van der Waals surface area contributed by atoms with E-state index in [4.69, 9.17) is 9.78 Å². The van der Waals surface area contributed by atoms with Crippen LogP contribution in [-0.2, 0) is 19.3 Å². The SMILES string of the molecule is N#Cc1cc(CCc2nc(CC3CCNCC3)no2)ccn1. The van der Waals surface area contributed by atoms with Gasteiger partial charge in [-0.25, -0.2) is 4.98 Å². The van der Waals surface area contributed by atoms with Crippen molar-refractivity contribution in [2.24, 2.45) is 5.92 Å². The first-order valence-corrected chi connectivity index (χ1v) is 7.70. The molecule has 22 heavy (non-hydrogen) atoms. The van der Waals surface area contributed by atoms with Crippen molar-refractivity contribution in [2.75, 3.05) is 13.1 Å². The smallest absolute Gasteiger partial charge is 0.226 e. The monoisotopic (exact) mass is 297 g/mol. The predicted octanol–water partition coefficient (Wildman–Crippen LogP) is 1.66. The summed E-state index contributed by atoms with van der Waals surface area (Å²) in [6, 6.07) is 5.76. The first-order chi connectivity index (χ1) is 10.8. The fraction of sp³-hybridized carbons (Fsp3) is 0.500. The van der Waals surface area contributed by atoms with Gasteiger partial charge >= 0.3 is 0 Å². The highest BCUT2D eigenvalue weighted by molar-refractivity contribution is 5.25. The van der Waals surface area contributed by atoms with Crippen LogP contribution in [0.3, 0.4) is 0 Å². The molecule has 3 heterocycles. The molecule has 1 aliphatic rings. The lowest BCUT2D eigenvalue weighted by molar-refractivity contribution is 0.347. The zero-order valence-corrected chi connectivity index (χ0v) is 12.5. The average molecular weight is 297 g/mol. The topological polar surface area (TPSA) is 87.6 Å². The summed E-state index contributed by atoms with van der Waals surface area (Å²) < 4.78 is 5.33. The summed E-state index contributed by atoms with van der Waals surface area (Å²) in [6.07, 6.45) is 6.37. The molecule has 2 aromatic heterocycles. The molecule has 1 N–H and O–H groups in total. The summed E-state index contributed by atoms with van der Waals surface area (Å²) in [5.41, 5.74) is 1.50. The quantitative estimate of drug-likeness (QED) is 0.903. The highest BCUT2D eigenvalue weighted by Crippen LogP contribution is 2.16. The van der Waals surface area contributed by atoms with Gasteiger partial charge in [-0.3, -0.25) is 0 Å². The number of aryl methyl sites for hydroxylation is 2. The Hall–Kier alpha value is -2.26. The summed E-state index contributed by atoms with van der Waals surface area (Å²) in [5.74, 6) is 2.14. The molecule has 114 valence electrons. The third kappa shape index (κ3) is 3.89. The lowest BCUT2D eigenvalue weighted by atomic mass is 9.94. The molecule has 0 saturated carbocycles. The third-order valence-electron chi connectivity index (χ3n) is 4.01. The number of hydrogen-bond donors (Lipinski definition) is 1. The molecule has 6 heteroatoms. The van der Waals surface area contributed by atoms with Crippen LogP contribution < -0.4 is 5.32 Å².